The molecule has 102 valence electrons. The van der Waals surface area contributed by atoms with Crippen molar-refractivity contribution in [3.63, 3.8) is 0 Å². The molecule has 0 aromatic heterocycles. The van der Waals surface area contributed by atoms with E-state index in [1.165, 1.54) is 0 Å². The van der Waals surface area contributed by atoms with Gasteiger partial charge in [-0.15, -0.1) is 0 Å². The normalized spacial score (nSPS) is 27.4. The third kappa shape index (κ3) is 3.94. The molecular formula is C14H30N2O. The maximum absolute atomic E-state index is 5.38. The second kappa shape index (κ2) is 6.17. The molecule has 1 saturated heterocycles. The summed E-state index contributed by atoms with van der Waals surface area (Å²) in [5, 5.41) is 3.66. The van der Waals surface area contributed by atoms with Crippen LogP contribution in [0, 0.1) is 5.92 Å². The number of piperazine rings is 1. The Labute approximate surface area is 107 Å². The number of rotatable bonds is 5. The maximum Gasteiger partial charge on any atom is 0.0618 e. The van der Waals surface area contributed by atoms with Crippen molar-refractivity contribution in [1.82, 2.24) is 10.2 Å². The Kier molecular flexibility index (Phi) is 5.42. The molecule has 3 heteroatoms. The second-order valence-corrected chi connectivity index (χ2v) is 6.27. The van der Waals surface area contributed by atoms with Gasteiger partial charge >= 0.3 is 0 Å². The van der Waals surface area contributed by atoms with Crippen molar-refractivity contribution in [2.24, 2.45) is 5.92 Å². The summed E-state index contributed by atoms with van der Waals surface area (Å²) in [5.74, 6) is 0.685. The second-order valence-electron chi connectivity index (χ2n) is 6.27. The van der Waals surface area contributed by atoms with Crippen LogP contribution in [0.2, 0.25) is 0 Å². The van der Waals surface area contributed by atoms with Crippen LogP contribution < -0.4 is 5.32 Å². The number of hydrogen-bond acceptors (Lipinski definition) is 3. The zero-order valence-electron chi connectivity index (χ0n) is 12.4. The van der Waals surface area contributed by atoms with Crippen molar-refractivity contribution >= 4 is 0 Å². The summed E-state index contributed by atoms with van der Waals surface area (Å²) >= 11 is 0. The van der Waals surface area contributed by atoms with Crippen LogP contribution >= 0.6 is 0 Å². The predicted octanol–water partition coefficient (Wildman–Crippen LogP) is 2.12. The first-order chi connectivity index (χ1) is 7.91. The molecule has 0 aromatic rings. The Hall–Kier alpha value is -0.120. The SMILES string of the molecule is CCC(COC)N1CC(C)(C)NCC1C(C)C. The zero-order chi connectivity index (χ0) is 13.1. The first kappa shape index (κ1) is 14.9. The van der Waals surface area contributed by atoms with E-state index >= 15 is 0 Å². The molecule has 0 radical (unpaired) electrons. The molecule has 1 N–H and O–H groups in total. The van der Waals surface area contributed by atoms with Gasteiger partial charge in [0.05, 0.1) is 6.61 Å². The van der Waals surface area contributed by atoms with Gasteiger partial charge in [0.15, 0.2) is 0 Å². The molecule has 2 atom stereocenters. The van der Waals surface area contributed by atoms with Gasteiger partial charge in [0.25, 0.3) is 0 Å². The minimum absolute atomic E-state index is 0.215. The van der Waals surface area contributed by atoms with Crippen molar-refractivity contribution in [1.29, 1.82) is 0 Å². The number of methoxy groups -OCH3 is 1. The van der Waals surface area contributed by atoms with Crippen molar-refractivity contribution in [3.05, 3.63) is 0 Å². The molecule has 3 nitrogen and oxygen atoms in total. The van der Waals surface area contributed by atoms with Gasteiger partial charge in [-0.25, -0.2) is 0 Å². The lowest BCUT2D eigenvalue weighted by Crippen LogP contribution is -2.65. The molecule has 0 bridgehead atoms. The third-order valence-electron chi connectivity index (χ3n) is 3.86. The molecule has 1 fully saturated rings. The minimum Gasteiger partial charge on any atom is -0.383 e. The van der Waals surface area contributed by atoms with E-state index in [-0.39, 0.29) is 5.54 Å². The molecule has 17 heavy (non-hydrogen) atoms. The molecular weight excluding hydrogens is 212 g/mol. The molecule has 0 aliphatic carbocycles. The number of nitrogens with one attached hydrogen (secondary N) is 1. The Balaban J connectivity index is 2.78. The molecule has 1 aliphatic heterocycles. The molecule has 0 saturated carbocycles. The first-order valence-electron chi connectivity index (χ1n) is 6.91. The van der Waals surface area contributed by atoms with Gasteiger partial charge in [0.1, 0.15) is 0 Å². The van der Waals surface area contributed by atoms with Crippen LogP contribution in [0.25, 0.3) is 0 Å². The van der Waals surface area contributed by atoms with Gasteiger partial charge in [-0.1, -0.05) is 20.8 Å². The van der Waals surface area contributed by atoms with Gasteiger partial charge in [-0.2, -0.15) is 0 Å². The van der Waals surface area contributed by atoms with Crippen molar-refractivity contribution in [3.8, 4) is 0 Å². The van der Waals surface area contributed by atoms with Gasteiger partial charge in [0.2, 0.25) is 0 Å². The summed E-state index contributed by atoms with van der Waals surface area (Å²) in [5.41, 5.74) is 0.215. The quantitative estimate of drug-likeness (QED) is 0.799. The van der Waals surface area contributed by atoms with E-state index in [4.69, 9.17) is 4.74 Å². The van der Waals surface area contributed by atoms with Crippen LogP contribution in [0.5, 0.6) is 0 Å². The van der Waals surface area contributed by atoms with E-state index in [0.717, 1.165) is 26.1 Å². The van der Waals surface area contributed by atoms with E-state index in [9.17, 15) is 0 Å². The molecule has 1 heterocycles. The van der Waals surface area contributed by atoms with Crippen LogP contribution in [0.15, 0.2) is 0 Å². The highest BCUT2D eigenvalue weighted by atomic mass is 16.5. The Morgan fingerprint density at radius 3 is 2.53 bits per heavy atom. The molecule has 1 aliphatic rings. The lowest BCUT2D eigenvalue weighted by Gasteiger charge is -2.49. The third-order valence-corrected chi connectivity index (χ3v) is 3.86. The fraction of sp³-hybridized carbons (Fsp3) is 1.00. The lowest BCUT2D eigenvalue weighted by atomic mass is 9.91. The van der Waals surface area contributed by atoms with Gasteiger partial charge in [0, 0.05) is 37.8 Å². The fourth-order valence-electron chi connectivity index (χ4n) is 2.79. The average molecular weight is 242 g/mol. The summed E-state index contributed by atoms with van der Waals surface area (Å²) in [6.07, 6.45) is 1.16. The lowest BCUT2D eigenvalue weighted by molar-refractivity contribution is -0.00109. The summed E-state index contributed by atoms with van der Waals surface area (Å²) in [4.78, 5) is 2.66. The molecule has 1 rings (SSSR count). The Bertz CT molecular complexity index is 228. The van der Waals surface area contributed by atoms with Crippen LogP contribution in [0.1, 0.15) is 41.0 Å². The fourth-order valence-corrected chi connectivity index (χ4v) is 2.79. The highest BCUT2D eigenvalue weighted by Gasteiger charge is 2.36. The topological polar surface area (TPSA) is 24.5 Å². The highest BCUT2D eigenvalue weighted by molar-refractivity contribution is 4.95. The smallest absolute Gasteiger partial charge is 0.0618 e. The van der Waals surface area contributed by atoms with Crippen molar-refractivity contribution < 1.29 is 4.74 Å². The van der Waals surface area contributed by atoms with Crippen LogP contribution in [0.4, 0.5) is 0 Å². The minimum atomic E-state index is 0.215. The first-order valence-corrected chi connectivity index (χ1v) is 6.91. The van der Waals surface area contributed by atoms with E-state index < -0.39 is 0 Å². The van der Waals surface area contributed by atoms with Crippen LogP contribution in [-0.4, -0.2) is 49.3 Å². The monoisotopic (exact) mass is 242 g/mol. The van der Waals surface area contributed by atoms with Crippen molar-refractivity contribution in [2.45, 2.75) is 58.7 Å². The van der Waals surface area contributed by atoms with Gasteiger partial charge in [-0.3, -0.25) is 4.90 Å². The summed E-state index contributed by atoms with van der Waals surface area (Å²) in [6.45, 7) is 14.5. The molecule has 2 unspecified atom stereocenters. The number of ether oxygens (including phenoxy) is 1. The largest absolute Gasteiger partial charge is 0.383 e. The number of nitrogens with zero attached hydrogens (tertiary/aromatic N) is 1. The maximum atomic E-state index is 5.38. The van der Waals surface area contributed by atoms with E-state index in [1.54, 1.807) is 7.11 Å². The predicted molar refractivity (Wildman–Crippen MR) is 73.4 cm³/mol. The average Bonchev–Trinajstić information content (AvgIpc) is 2.24. The highest BCUT2D eigenvalue weighted by Crippen LogP contribution is 2.23. The summed E-state index contributed by atoms with van der Waals surface area (Å²) in [6, 6.07) is 1.18. The van der Waals surface area contributed by atoms with E-state index in [2.05, 4.69) is 44.8 Å². The van der Waals surface area contributed by atoms with Gasteiger partial charge < -0.3 is 10.1 Å². The Morgan fingerprint density at radius 1 is 1.41 bits per heavy atom. The van der Waals surface area contributed by atoms with Crippen LogP contribution in [-0.2, 0) is 4.74 Å². The number of hydrogen-bond donors (Lipinski definition) is 1. The van der Waals surface area contributed by atoms with Crippen molar-refractivity contribution in [2.75, 3.05) is 26.8 Å². The van der Waals surface area contributed by atoms with E-state index in [0.29, 0.717) is 18.0 Å². The zero-order valence-corrected chi connectivity index (χ0v) is 12.4. The Morgan fingerprint density at radius 2 is 2.06 bits per heavy atom. The van der Waals surface area contributed by atoms with Crippen LogP contribution in [0.3, 0.4) is 0 Å². The molecule has 0 amide bonds. The molecule has 0 aromatic carbocycles. The summed E-state index contributed by atoms with van der Waals surface area (Å²) in [7, 11) is 1.81. The standard InChI is InChI=1S/C14H30N2O/c1-7-12(9-17-6)16-10-14(4,5)15-8-13(16)11(2)3/h11-13,15H,7-10H2,1-6H3. The molecule has 0 spiro atoms. The summed E-state index contributed by atoms with van der Waals surface area (Å²) < 4.78 is 5.38. The van der Waals surface area contributed by atoms with E-state index in [1.807, 2.05) is 0 Å². The van der Waals surface area contributed by atoms with Gasteiger partial charge in [-0.05, 0) is 26.2 Å².